The smallest absolute Gasteiger partial charge is 0.325 e. The van der Waals surface area contributed by atoms with Crippen LogP contribution >= 0.6 is 7.82 Å². The summed E-state index contributed by atoms with van der Waals surface area (Å²) in [4.78, 5) is 25.0. The third-order valence-electron chi connectivity index (χ3n) is 8.33. The Hall–Kier alpha value is -0.760. The maximum absolute atomic E-state index is 12.7. The van der Waals surface area contributed by atoms with Crippen LogP contribution < -0.4 is 10.2 Å². The molecule has 1 amide bonds. The molecule has 0 spiro atoms. The molecule has 1 unspecified atom stereocenters. The highest BCUT2D eigenvalue weighted by Gasteiger charge is 2.26. The number of carbonyl (C=O) groups is 1. The molecule has 2 N–H and O–H groups in total. The second kappa shape index (κ2) is 30.3. The lowest BCUT2D eigenvalue weighted by atomic mass is 10.0. The molecule has 0 bridgehead atoms. The first-order valence-electron chi connectivity index (χ1n) is 19.1. The van der Waals surface area contributed by atoms with Crippen LogP contribution in [0.5, 0.6) is 0 Å². The van der Waals surface area contributed by atoms with Crippen LogP contribution in [0.3, 0.4) is 0 Å². The van der Waals surface area contributed by atoms with Crippen LogP contribution in [0.25, 0.3) is 0 Å². The number of hydrogen-bond acceptors (Lipinski definition) is 6. The van der Waals surface area contributed by atoms with E-state index in [-0.39, 0.29) is 10.6 Å². The van der Waals surface area contributed by atoms with Crippen molar-refractivity contribution in [2.75, 3.05) is 27.7 Å². The molecule has 0 aromatic carbocycles. The Morgan fingerprint density at radius 1 is 0.717 bits per heavy atom. The predicted octanol–water partition coefficient (Wildman–Crippen LogP) is 9.69. The summed E-state index contributed by atoms with van der Waals surface area (Å²) in [6.07, 6.45) is 33.8. The highest BCUT2D eigenvalue weighted by molar-refractivity contribution is 7.45. The van der Waals surface area contributed by atoms with Crippen molar-refractivity contribution in [3.8, 4) is 0 Å². The van der Waals surface area contributed by atoms with Crippen LogP contribution in [0.15, 0.2) is 12.2 Å². The van der Waals surface area contributed by atoms with Crippen molar-refractivity contribution >= 4 is 13.7 Å². The Kier molecular flexibility index (Phi) is 29.8. The lowest BCUT2D eigenvalue weighted by Gasteiger charge is -2.31. The van der Waals surface area contributed by atoms with Gasteiger partial charge in [-0.05, 0) is 19.3 Å². The molecule has 274 valence electrons. The third kappa shape index (κ3) is 31.8. The van der Waals surface area contributed by atoms with Gasteiger partial charge < -0.3 is 19.8 Å². The highest BCUT2D eigenvalue weighted by Crippen LogP contribution is 2.40. The number of unbranched alkanes of at least 4 members (excludes halogenated alkanes) is 23. The van der Waals surface area contributed by atoms with Gasteiger partial charge in [-0.1, -0.05) is 167 Å². The fourth-order valence-electron chi connectivity index (χ4n) is 5.60. The zero-order valence-corrected chi connectivity index (χ0v) is 31.7. The summed E-state index contributed by atoms with van der Waals surface area (Å²) in [7, 11) is 0.0669. The van der Waals surface area contributed by atoms with Crippen molar-refractivity contribution in [3.05, 3.63) is 12.2 Å². The van der Waals surface area contributed by atoms with E-state index in [0.29, 0.717) is 6.42 Å². The lowest BCUT2D eigenvalue weighted by molar-refractivity contribution is -1.04. The van der Waals surface area contributed by atoms with E-state index < -0.39 is 26.6 Å². The summed E-state index contributed by atoms with van der Waals surface area (Å²) in [6, 6.07) is -0.888. The van der Waals surface area contributed by atoms with Crippen molar-refractivity contribution in [2.45, 2.75) is 193 Å². The van der Waals surface area contributed by atoms with E-state index in [1.807, 2.05) is 6.08 Å². The lowest BCUT2D eigenvalue weighted by Crippen LogP contribution is -2.46. The summed E-state index contributed by atoms with van der Waals surface area (Å²) in [5.74, 6) is -0.206. The second-order valence-corrected chi connectivity index (χ2v) is 15.4. The van der Waals surface area contributed by atoms with Crippen LogP contribution in [0.4, 0.5) is 0 Å². The van der Waals surface area contributed by atoms with Gasteiger partial charge in [0.25, 0.3) is 0 Å². The molecule has 0 heterocycles. The first-order valence-corrected chi connectivity index (χ1v) is 20.6. The number of hydroxylamine groups is 3. The molecule has 46 heavy (non-hydrogen) atoms. The number of aliphatic hydroxyl groups is 1. The number of amides is 1. The number of nitrogens with one attached hydrogen (secondary N) is 1. The number of rotatable bonds is 34. The number of phosphoric acid groups is 1. The molecular formula is C37H75N2O6P. The molecule has 9 heteroatoms. The average molecular weight is 675 g/mol. The second-order valence-electron chi connectivity index (χ2n) is 14.1. The van der Waals surface area contributed by atoms with E-state index in [2.05, 4.69) is 19.2 Å². The topological polar surface area (TPSA) is 108 Å². The van der Waals surface area contributed by atoms with Gasteiger partial charge >= 0.3 is 7.82 Å². The summed E-state index contributed by atoms with van der Waals surface area (Å²) in [6.45, 7) is 4.11. The Bertz CT molecular complexity index is 773. The Labute approximate surface area is 284 Å². The van der Waals surface area contributed by atoms with E-state index in [1.165, 1.54) is 122 Å². The maximum atomic E-state index is 12.7. The van der Waals surface area contributed by atoms with Crippen LogP contribution in [0, 0.1) is 0 Å². The highest BCUT2D eigenvalue weighted by atomic mass is 31.2. The molecule has 0 fully saturated rings. The largest absolute Gasteiger partial charge is 0.752 e. The predicted molar refractivity (Wildman–Crippen MR) is 191 cm³/mol. The summed E-state index contributed by atoms with van der Waals surface area (Å²) < 4.78 is 22.1. The minimum atomic E-state index is -4.63. The molecule has 8 nitrogen and oxygen atoms in total. The fourth-order valence-corrected chi connectivity index (χ4v) is 6.59. The summed E-state index contributed by atoms with van der Waals surface area (Å²) >= 11 is 0. The molecule has 0 saturated carbocycles. The minimum absolute atomic E-state index is 0.206. The normalized spacial score (nSPS) is 14.8. The molecule has 0 aliphatic heterocycles. The van der Waals surface area contributed by atoms with Crippen LogP contribution in [-0.4, -0.2) is 55.6 Å². The van der Waals surface area contributed by atoms with Gasteiger partial charge in [0.2, 0.25) is 5.91 Å². The van der Waals surface area contributed by atoms with Crippen molar-refractivity contribution in [1.29, 1.82) is 0 Å². The zero-order chi connectivity index (χ0) is 34.4. The van der Waals surface area contributed by atoms with E-state index >= 15 is 0 Å². The van der Waals surface area contributed by atoms with Crippen LogP contribution in [0.2, 0.25) is 0 Å². The van der Waals surface area contributed by atoms with Gasteiger partial charge in [-0.3, -0.25) is 9.36 Å². The molecule has 0 saturated heterocycles. The first kappa shape index (κ1) is 45.2. The summed E-state index contributed by atoms with van der Waals surface area (Å²) in [5, 5.41) is 13.6. The Morgan fingerprint density at radius 2 is 1.11 bits per heavy atom. The van der Waals surface area contributed by atoms with E-state index in [9.17, 15) is 19.4 Å². The molecule has 0 aromatic rings. The Morgan fingerprint density at radius 3 is 1.52 bits per heavy atom. The molecule has 0 aromatic heterocycles. The molecule has 3 atom stereocenters. The fraction of sp³-hybridized carbons (Fsp3) is 0.919. The van der Waals surface area contributed by atoms with Gasteiger partial charge in [0.1, 0.15) is 0 Å². The molecule has 0 aliphatic rings. The van der Waals surface area contributed by atoms with Crippen LogP contribution in [-0.2, 0) is 18.5 Å². The van der Waals surface area contributed by atoms with Gasteiger partial charge in [0, 0.05) is 6.42 Å². The van der Waals surface area contributed by atoms with E-state index in [0.717, 1.165) is 38.5 Å². The van der Waals surface area contributed by atoms with Crippen molar-refractivity contribution in [2.24, 2.45) is 0 Å². The number of aliphatic hydroxyl groups excluding tert-OH is 1. The van der Waals surface area contributed by atoms with Gasteiger partial charge in [0.15, 0.2) is 0 Å². The quantitative estimate of drug-likeness (QED) is 0.0231. The molecule has 0 rings (SSSR count). The summed E-state index contributed by atoms with van der Waals surface area (Å²) in [5.41, 5.74) is 0. The first-order chi connectivity index (χ1) is 22.0. The number of phosphoric ester groups is 1. The number of carbonyl (C=O) groups excluding carboxylic acids is 1. The van der Waals surface area contributed by atoms with Crippen molar-refractivity contribution < 1.29 is 33.2 Å². The number of hydrogen-bond donors (Lipinski definition) is 2. The SMILES string of the molecule is CCCCCCCCCCCCC/C=C/[C@@H](O)[C@H](COP(=O)([O-])O[N+](C)(C)C)NC(=O)CCCCCCCCCCCCCCC. The monoisotopic (exact) mass is 675 g/mol. The van der Waals surface area contributed by atoms with Gasteiger partial charge in [-0.25, -0.2) is 0 Å². The number of quaternary nitrogens is 1. The van der Waals surface area contributed by atoms with E-state index in [1.54, 1.807) is 27.2 Å². The van der Waals surface area contributed by atoms with Gasteiger partial charge in [-0.15, -0.1) is 4.62 Å². The number of nitrogens with zero attached hydrogens (tertiary/aromatic N) is 1. The third-order valence-corrected chi connectivity index (χ3v) is 9.49. The molecular weight excluding hydrogens is 599 g/mol. The van der Waals surface area contributed by atoms with Gasteiger partial charge in [-0.2, -0.15) is 4.65 Å². The standard InChI is InChI=1S/C37H75N2O6P/c1-6-8-10-12-14-16-18-20-22-24-26-28-30-32-36(40)35(34-44-46(42,43)45-39(3,4)5)38-37(41)33-31-29-27-25-23-21-19-17-15-13-11-9-7-2/h30,32,35-36,40H,6-29,31,33-34H2,1-5H3,(H-,38,41,42,43)/b32-30+/t35-,36+/m0/s1. The maximum Gasteiger partial charge on any atom is 0.325 e. The molecule has 0 aliphatic carbocycles. The molecule has 0 radical (unpaired) electrons. The Balaban J connectivity index is 4.42. The average Bonchev–Trinajstić information content (AvgIpc) is 2.98. The van der Waals surface area contributed by atoms with Crippen molar-refractivity contribution in [3.63, 3.8) is 0 Å². The van der Waals surface area contributed by atoms with Crippen LogP contribution in [0.1, 0.15) is 181 Å². The minimum Gasteiger partial charge on any atom is -0.752 e. The zero-order valence-electron chi connectivity index (χ0n) is 30.8. The number of allylic oxidation sites excluding steroid dienone is 1. The van der Waals surface area contributed by atoms with Crippen molar-refractivity contribution in [1.82, 2.24) is 5.32 Å². The van der Waals surface area contributed by atoms with Gasteiger partial charge in [0.05, 0.1) is 39.9 Å². The van der Waals surface area contributed by atoms with E-state index in [4.69, 9.17) is 9.15 Å².